The predicted molar refractivity (Wildman–Crippen MR) is 128 cm³/mol. The lowest BCUT2D eigenvalue weighted by Gasteiger charge is -2.39. The van der Waals surface area contributed by atoms with E-state index in [2.05, 4.69) is 52.3 Å². The second-order valence-electron chi connectivity index (χ2n) is 7.22. The van der Waals surface area contributed by atoms with Gasteiger partial charge in [-0.05, 0) is 36.5 Å². The molecule has 1 unspecified atom stereocenters. The van der Waals surface area contributed by atoms with Crippen molar-refractivity contribution in [3.05, 3.63) is 29.6 Å². The maximum atomic E-state index is 5.55. The zero-order chi connectivity index (χ0) is 19.5. The maximum absolute atomic E-state index is 5.55. The van der Waals surface area contributed by atoms with E-state index in [0.29, 0.717) is 12.0 Å². The predicted octanol–water partition coefficient (Wildman–Crippen LogP) is 2.85. The van der Waals surface area contributed by atoms with Crippen molar-refractivity contribution >= 4 is 29.9 Å². The number of halogens is 1. The van der Waals surface area contributed by atoms with Gasteiger partial charge in [-0.15, -0.1) is 24.0 Å². The Kier molecular flexibility index (Phi) is 12.7. The van der Waals surface area contributed by atoms with Crippen LogP contribution in [0.15, 0.2) is 23.5 Å². The molecule has 2 heterocycles. The lowest BCUT2D eigenvalue weighted by molar-refractivity contribution is 0.00272. The Labute approximate surface area is 187 Å². The maximum Gasteiger partial charge on any atom is 0.191 e. The van der Waals surface area contributed by atoms with E-state index in [1.54, 1.807) is 0 Å². The van der Waals surface area contributed by atoms with Crippen LogP contribution < -0.4 is 10.6 Å². The highest BCUT2D eigenvalue weighted by atomic mass is 127. The first-order chi connectivity index (χ1) is 13.2. The third kappa shape index (κ3) is 7.83. The van der Waals surface area contributed by atoms with Gasteiger partial charge in [0.05, 0.1) is 13.2 Å². The molecule has 7 heteroatoms. The second kappa shape index (κ2) is 14.1. The lowest BCUT2D eigenvalue weighted by atomic mass is 9.92. The second-order valence-corrected chi connectivity index (χ2v) is 7.22. The highest BCUT2D eigenvalue weighted by Gasteiger charge is 2.26. The third-order valence-corrected chi connectivity index (χ3v) is 5.63. The fraction of sp³-hybridized carbons (Fsp3) is 0.714. The fourth-order valence-electron chi connectivity index (χ4n) is 3.86. The van der Waals surface area contributed by atoms with Gasteiger partial charge in [0, 0.05) is 51.7 Å². The summed E-state index contributed by atoms with van der Waals surface area (Å²) in [6, 6.07) is 2.61. The Bertz CT molecular complexity index is 574. The molecule has 0 bridgehead atoms. The number of pyridine rings is 1. The standard InChI is InChI=1S/C21H37N5O.HI/c1-5-18(6-2)20(26-11-13-27-14-12-26)16-25-21(22-4)24-10-8-19-7-9-23-15-17(19)3;/h7,9,15,18,20H,5-6,8,10-14,16H2,1-4H3,(H2,22,24,25);1H. The van der Waals surface area contributed by atoms with Crippen molar-refractivity contribution in [3.8, 4) is 0 Å². The Morgan fingerprint density at radius 3 is 2.57 bits per heavy atom. The number of hydrogen-bond donors (Lipinski definition) is 2. The van der Waals surface area contributed by atoms with E-state index in [4.69, 9.17) is 4.74 Å². The minimum Gasteiger partial charge on any atom is -0.379 e. The van der Waals surface area contributed by atoms with Crippen LogP contribution in [0.4, 0.5) is 0 Å². The van der Waals surface area contributed by atoms with Gasteiger partial charge in [-0.25, -0.2) is 0 Å². The Morgan fingerprint density at radius 2 is 1.96 bits per heavy atom. The summed E-state index contributed by atoms with van der Waals surface area (Å²) in [6.45, 7) is 12.2. The molecule has 0 spiro atoms. The first-order valence-corrected chi connectivity index (χ1v) is 10.3. The summed E-state index contributed by atoms with van der Waals surface area (Å²) in [5.41, 5.74) is 2.57. The van der Waals surface area contributed by atoms with Crippen molar-refractivity contribution in [2.24, 2.45) is 10.9 Å². The number of ether oxygens (including phenoxy) is 1. The van der Waals surface area contributed by atoms with Crippen molar-refractivity contribution < 1.29 is 4.74 Å². The van der Waals surface area contributed by atoms with Gasteiger partial charge in [-0.1, -0.05) is 26.7 Å². The Balaban J connectivity index is 0.00000392. The molecule has 1 aromatic rings. The van der Waals surface area contributed by atoms with Crippen LogP contribution in [0.25, 0.3) is 0 Å². The summed E-state index contributed by atoms with van der Waals surface area (Å²) < 4.78 is 5.55. The molecule has 0 amide bonds. The molecule has 1 aromatic heterocycles. The molecule has 1 aliphatic rings. The monoisotopic (exact) mass is 503 g/mol. The quantitative estimate of drug-likeness (QED) is 0.309. The van der Waals surface area contributed by atoms with Crippen molar-refractivity contribution in [2.75, 3.05) is 46.4 Å². The summed E-state index contributed by atoms with van der Waals surface area (Å²) in [5, 5.41) is 7.01. The number of morpholine rings is 1. The molecular weight excluding hydrogens is 465 g/mol. The molecule has 1 fully saturated rings. The lowest BCUT2D eigenvalue weighted by Crippen LogP contribution is -2.53. The number of aliphatic imine (C=N–C) groups is 1. The zero-order valence-corrected chi connectivity index (χ0v) is 20.2. The van der Waals surface area contributed by atoms with E-state index in [9.17, 15) is 0 Å². The van der Waals surface area contributed by atoms with Crippen molar-refractivity contribution in [2.45, 2.75) is 46.1 Å². The molecule has 0 radical (unpaired) electrons. The summed E-state index contributed by atoms with van der Waals surface area (Å²) in [4.78, 5) is 11.2. The first kappa shape index (κ1) is 25.1. The van der Waals surface area contributed by atoms with E-state index >= 15 is 0 Å². The number of guanidine groups is 1. The first-order valence-electron chi connectivity index (χ1n) is 10.3. The molecule has 2 rings (SSSR count). The Hall–Kier alpha value is -0.930. The molecule has 1 aliphatic heterocycles. The van der Waals surface area contributed by atoms with Gasteiger partial charge in [0.1, 0.15) is 0 Å². The van der Waals surface area contributed by atoms with E-state index in [0.717, 1.165) is 51.8 Å². The van der Waals surface area contributed by atoms with Gasteiger partial charge in [0.15, 0.2) is 5.96 Å². The fourth-order valence-corrected chi connectivity index (χ4v) is 3.86. The van der Waals surface area contributed by atoms with Crippen LogP contribution in [-0.2, 0) is 11.2 Å². The summed E-state index contributed by atoms with van der Waals surface area (Å²) in [5.74, 6) is 1.57. The SMILES string of the molecule is CCC(CC)C(CNC(=NC)NCCc1ccncc1C)N1CCOCC1.I. The summed E-state index contributed by atoms with van der Waals surface area (Å²) in [6.07, 6.45) is 7.15. The molecule has 2 N–H and O–H groups in total. The highest BCUT2D eigenvalue weighted by Crippen LogP contribution is 2.19. The largest absolute Gasteiger partial charge is 0.379 e. The van der Waals surface area contributed by atoms with Crippen molar-refractivity contribution in [1.82, 2.24) is 20.5 Å². The van der Waals surface area contributed by atoms with Crippen LogP contribution in [-0.4, -0.2) is 68.3 Å². The van der Waals surface area contributed by atoms with Crippen LogP contribution in [0.1, 0.15) is 37.8 Å². The average Bonchev–Trinajstić information content (AvgIpc) is 2.71. The van der Waals surface area contributed by atoms with Gasteiger partial charge < -0.3 is 15.4 Å². The molecule has 1 saturated heterocycles. The average molecular weight is 503 g/mol. The van der Waals surface area contributed by atoms with Crippen LogP contribution in [0.3, 0.4) is 0 Å². The van der Waals surface area contributed by atoms with Crippen molar-refractivity contribution in [1.29, 1.82) is 0 Å². The minimum atomic E-state index is 0. The van der Waals surface area contributed by atoms with E-state index < -0.39 is 0 Å². The van der Waals surface area contributed by atoms with Gasteiger partial charge in [0.2, 0.25) is 0 Å². The van der Waals surface area contributed by atoms with Crippen LogP contribution in [0.5, 0.6) is 0 Å². The zero-order valence-electron chi connectivity index (χ0n) is 17.9. The van der Waals surface area contributed by atoms with E-state index in [1.807, 2.05) is 19.4 Å². The molecule has 6 nitrogen and oxygen atoms in total. The molecule has 28 heavy (non-hydrogen) atoms. The van der Waals surface area contributed by atoms with E-state index in [-0.39, 0.29) is 24.0 Å². The van der Waals surface area contributed by atoms with Gasteiger partial charge in [-0.2, -0.15) is 0 Å². The molecule has 0 aliphatic carbocycles. The molecule has 1 atom stereocenters. The number of aromatic nitrogens is 1. The molecule has 160 valence electrons. The number of aryl methyl sites for hydroxylation is 1. The summed E-state index contributed by atoms with van der Waals surface area (Å²) in [7, 11) is 1.84. The number of rotatable bonds is 9. The molecule has 0 saturated carbocycles. The normalized spacial score (nSPS) is 16.5. The number of hydrogen-bond acceptors (Lipinski definition) is 4. The molecular formula is C21H38IN5O. The summed E-state index contributed by atoms with van der Waals surface area (Å²) >= 11 is 0. The number of nitrogens with zero attached hydrogens (tertiary/aromatic N) is 3. The van der Waals surface area contributed by atoms with Crippen molar-refractivity contribution in [3.63, 3.8) is 0 Å². The smallest absolute Gasteiger partial charge is 0.191 e. The minimum absolute atomic E-state index is 0. The number of nitrogens with one attached hydrogen (secondary N) is 2. The van der Waals surface area contributed by atoms with E-state index in [1.165, 1.54) is 24.0 Å². The topological polar surface area (TPSA) is 61.8 Å². The highest BCUT2D eigenvalue weighted by molar-refractivity contribution is 14.0. The van der Waals surface area contributed by atoms with Gasteiger partial charge >= 0.3 is 0 Å². The molecule has 0 aromatic carbocycles. The van der Waals surface area contributed by atoms with Crippen LogP contribution in [0, 0.1) is 12.8 Å². The van der Waals surface area contributed by atoms with Crippen LogP contribution >= 0.6 is 24.0 Å². The Morgan fingerprint density at radius 1 is 1.25 bits per heavy atom. The van der Waals surface area contributed by atoms with Crippen LogP contribution in [0.2, 0.25) is 0 Å². The van der Waals surface area contributed by atoms with Gasteiger partial charge in [-0.3, -0.25) is 14.9 Å². The third-order valence-electron chi connectivity index (χ3n) is 5.63. The van der Waals surface area contributed by atoms with Gasteiger partial charge in [0.25, 0.3) is 0 Å².